The summed E-state index contributed by atoms with van der Waals surface area (Å²) in [4.78, 5) is 11.2. The van der Waals surface area contributed by atoms with Gasteiger partial charge in [-0.15, -0.1) is 12.6 Å². The molecule has 0 fully saturated rings. The number of thiol groups is 1. The highest BCUT2D eigenvalue weighted by atomic mass is 32.1. The first-order chi connectivity index (χ1) is 8.08. The Morgan fingerprint density at radius 1 is 1.00 bits per heavy atom. The number of carboxylic acids is 1. The van der Waals surface area contributed by atoms with Gasteiger partial charge in [0.05, 0.1) is 5.56 Å². The summed E-state index contributed by atoms with van der Waals surface area (Å²) in [7, 11) is 0. The number of benzene rings is 2. The van der Waals surface area contributed by atoms with E-state index >= 15 is 0 Å². The molecule has 0 spiro atoms. The fraction of sp³-hybridized carbons (Fsp3) is 0. The standard InChI is InChI=1S/C13H10O3S/c14-11-6-5-10(7-12(11)17)8-1-3-9(4-2-8)13(15)16/h1-7,14,17H,(H,15,16). The second-order valence-corrected chi connectivity index (χ2v) is 4.07. The molecule has 0 atom stereocenters. The Balaban J connectivity index is 2.39. The van der Waals surface area contributed by atoms with E-state index in [1.54, 1.807) is 42.5 Å². The van der Waals surface area contributed by atoms with E-state index in [4.69, 9.17) is 5.11 Å². The molecule has 0 heterocycles. The molecule has 2 rings (SSSR count). The molecular formula is C13H10O3S. The van der Waals surface area contributed by atoms with Gasteiger partial charge in [-0.2, -0.15) is 0 Å². The van der Waals surface area contributed by atoms with Crippen LogP contribution in [0.4, 0.5) is 0 Å². The minimum Gasteiger partial charge on any atom is -0.507 e. The average Bonchev–Trinajstić information content (AvgIpc) is 2.33. The van der Waals surface area contributed by atoms with Crippen LogP contribution >= 0.6 is 12.6 Å². The van der Waals surface area contributed by atoms with Crippen molar-refractivity contribution in [3.05, 3.63) is 48.0 Å². The Morgan fingerprint density at radius 3 is 2.12 bits per heavy atom. The molecule has 0 saturated heterocycles. The Labute approximate surface area is 104 Å². The lowest BCUT2D eigenvalue weighted by atomic mass is 10.0. The van der Waals surface area contributed by atoms with E-state index in [0.717, 1.165) is 11.1 Å². The summed E-state index contributed by atoms with van der Waals surface area (Å²) in [6.07, 6.45) is 0. The van der Waals surface area contributed by atoms with Crippen molar-refractivity contribution in [3.63, 3.8) is 0 Å². The topological polar surface area (TPSA) is 57.5 Å². The summed E-state index contributed by atoms with van der Waals surface area (Å²) >= 11 is 4.13. The van der Waals surface area contributed by atoms with Crippen LogP contribution in [0.3, 0.4) is 0 Å². The van der Waals surface area contributed by atoms with Gasteiger partial charge in [0.15, 0.2) is 0 Å². The van der Waals surface area contributed by atoms with E-state index in [9.17, 15) is 9.90 Å². The zero-order valence-electron chi connectivity index (χ0n) is 8.79. The van der Waals surface area contributed by atoms with Crippen LogP contribution in [0, 0.1) is 0 Å². The largest absolute Gasteiger partial charge is 0.507 e. The summed E-state index contributed by atoms with van der Waals surface area (Å²) in [5.41, 5.74) is 2.01. The van der Waals surface area contributed by atoms with Gasteiger partial charge in [0.1, 0.15) is 5.75 Å². The molecular weight excluding hydrogens is 236 g/mol. The van der Waals surface area contributed by atoms with Crippen molar-refractivity contribution in [1.29, 1.82) is 0 Å². The molecule has 0 aliphatic heterocycles. The van der Waals surface area contributed by atoms with Crippen LogP contribution < -0.4 is 0 Å². The number of carbonyl (C=O) groups is 1. The zero-order chi connectivity index (χ0) is 12.4. The number of carboxylic acid groups (broad SMARTS) is 1. The van der Waals surface area contributed by atoms with Gasteiger partial charge in [-0.1, -0.05) is 18.2 Å². The van der Waals surface area contributed by atoms with Gasteiger partial charge in [-0.25, -0.2) is 4.79 Å². The number of hydrogen-bond donors (Lipinski definition) is 3. The van der Waals surface area contributed by atoms with E-state index in [1.807, 2.05) is 0 Å². The van der Waals surface area contributed by atoms with E-state index in [1.165, 1.54) is 0 Å². The van der Waals surface area contributed by atoms with Gasteiger partial charge in [-0.05, 0) is 35.4 Å². The summed E-state index contributed by atoms with van der Waals surface area (Å²) in [6.45, 7) is 0. The molecule has 0 amide bonds. The van der Waals surface area contributed by atoms with Gasteiger partial charge in [0.25, 0.3) is 0 Å². The lowest BCUT2D eigenvalue weighted by Gasteiger charge is -2.04. The van der Waals surface area contributed by atoms with E-state index < -0.39 is 5.97 Å². The molecule has 17 heavy (non-hydrogen) atoms. The third-order valence-corrected chi connectivity index (χ3v) is 2.80. The van der Waals surface area contributed by atoms with Crippen molar-refractivity contribution < 1.29 is 15.0 Å². The second kappa shape index (κ2) is 4.51. The van der Waals surface area contributed by atoms with Gasteiger partial charge in [0, 0.05) is 4.90 Å². The normalized spacial score (nSPS) is 10.2. The molecule has 0 aromatic heterocycles. The molecule has 2 N–H and O–H groups in total. The molecule has 2 aromatic rings. The Hall–Kier alpha value is -1.94. The lowest BCUT2D eigenvalue weighted by molar-refractivity contribution is 0.0697. The third-order valence-electron chi connectivity index (χ3n) is 2.44. The van der Waals surface area contributed by atoms with Crippen LogP contribution in [-0.4, -0.2) is 16.2 Å². The fourth-order valence-electron chi connectivity index (χ4n) is 1.51. The number of rotatable bonds is 2. The molecule has 4 heteroatoms. The first kappa shape index (κ1) is 11.5. The van der Waals surface area contributed by atoms with Crippen molar-refractivity contribution in [2.45, 2.75) is 4.90 Å². The van der Waals surface area contributed by atoms with Crippen molar-refractivity contribution in [3.8, 4) is 16.9 Å². The van der Waals surface area contributed by atoms with Crippen LogP contribution in [-0.2, 0) is 0 Å². The van der Waals surface area contributed by atoms with Crippen LogP contribution in [0.1, 0.15) is 10.4 Å². The molecule has 0 aliphatic rings. The number of aromatic hydroxyl groups is 1. The summed E-state index contributed by atoms with van der Waals surface area (Å²) < 4.78 is 0. The van der Waals surface area contributed by atoms with Gasteiger partial charge in [-0.3, -0.25) is 0 Å². The highest BCUT2D eigenvalue weighted by Crippen LogP contribution is 2.28. The Kier molecular flexibility index (Phi) is 3.06. The minimum absolute atomic E-state index is 0.124. The van der Waals surface area contributed by atoms with Gasteiger partial charge < -0.3 is 10.2 Å². The molecule has 0 aliphatic carbocycles. The Morgan fingerprint density at radius 2 is 1.59 bits per heavy atom. The quantitative estimate of drug-likeness (QED) is 0.714. The first-order valence-electron chi connectivity index (χ1n) is 4.93. The van der Waals surface area contributed by atoms with Crippen molar-refractivity contribution in [2.24, 2.45) is 0 Å². The summed E-state index contributed by atoms with van der Waals surface area (Å²) in [5, 5.41) is 18.1. The zero-order valence-corrected chi connectivity index (χ0v) is 9.69. The lowest BCUT2D eigenvalue weighted by Crippen LogP contribution is -1.94. The van der Waals surface area contributed by atoms with Crippen molar-refractivity contribution in [2.75, 3.05) is 0 Å². The SMILES string of the molecule is O=C(O)c1ccc(-c2ccc(O)c(S)c2)cc1. The highest BCUT2D eigenvalue weighted by Gasteiger charge is 2.04. The van der Waals surface area contributed by atoms with Crippen LogP contribution in [0.25, 0.3) is 11.1 Å². The molecule has 0 unspecified atom stereocenters. The highest BCUT2D eigenvalue weighted by molar-refractivity contribution is 7.80. The number of phenols is 1. The smallest absolute Gasteiger partial charge is 0.335 e. The maximum Gasteiger partial charge on any atom is 0.335 e. The monoisotopic (exact) mass is 246 g/mol. The number of aromatic carboxylic acids is 1. The molecule has 0 radical (unpaired) electrons. The van der Waals surface area contributed by atoms with E-state index in [0.29, 0.717) is 4.90 Å². The first-order valence-corrected chi connectivity index (χ1v) is 5.38. The maximum atomic E-state index is 10.7. The summed E-state index contributed by atoms with van der Waals surface area (Å²) in [6, 6.07) is 11.6. The van der Waals surface area contributed by atoms with Gasteiger partial charge >= 0.3 is 5.97 Å². The van der Waals surface area contributed by atoms with E-state index in [-0.39, 0.29) is 11.3 Å². The summed E-state index contributed by atoms with van der Waals surface area (Å²) in [5.74, 6) is -0.823. The molecule has 0 saturated carbocycles. The van der Waals surface area contributed by atoms with Crippen LogP contribution in [0.5, 0.6) is 5.75 Å². The molecule has 0 bridgehead atoms. The van der Waals surface area contributed by atoms with Gasteiger partial charge in [0.2, 0.25) is 0 Å². The number of hydrogen-bond acceptors (Lipinski definition) is 3. The number of phenolic OH excluding ortho intramolecular Hbond substituents is 1. The Bertz CT molecular complexity index is 561. The molecule has 86 valence electrons. The van der Waals surface area contributed by atoms with E-state index in [2.05, 4.69) is 12.6 Å². The predicted molar refractivity (Wildman–Crippen MR) is 67.8 cm³/mol. The van der Waals surface area contributed by atoms with Crippen molar-refractivity contribution in [1.82, 2.24) is 0 Å². The molecule has 2 aromatic carbocycles. The van der Waals surface area contributed by atoms with Crippen molar-refractivity contribution >= 4 is 18.6 Å². The van der Waals surface area contributed by atoms with Crippen LogP contribution in [0.15, 0.2) is 47.4 Å². The second-order valence-electron chi connectivity index (χ2n) is 3.59. The maximum absolute atomic E-state index is 10.7. The predicted octanol–water partition coefficient (Wildman–Crippen LogP) is 3.05. The average molecular weight is 246 g/mol. The fourth-order valence-corrected chi connectivity index (χ4v) is 1.72. The van der Waals surface area contributed by atoms with Crippen LogP contribution in [0.2, 0.25) is 0 Å². The minimum atomic E-state index is -0.947. The molecule has 3 nitrogen and oxygen atoms in total. The third kappa shape index (κ3) is 2.42.